The molecule has 0 bridgehead atoms. The molecule has 3 saturated carbocycles. The smallest absolute Gasteiger partial charge is 0.320 e. The number of hydrogen-bond acceptors (Lipinski definition) is 9. The molecular weight excluding hydrogens is 560 g/mol. The molecule has 1 N–H and O–H groups in total. The summed E-state index contributed by atoms with van der Waals surface area (Å²) in [7, 11) is 0. The first-order valence-corrected chi connectivity index (χ1v) is 17.1. The van der Waals surface area contributed by atoms with Crippen LogP contribution in [0.15, 0.2) is 23.8 Å². The molecule has 0 radical (unpaired) electrons. The Morgan fingerprint density at radius 2 is 1.86 bits per heavy atom. The molecular formula is C35H52N2O7. The van der Waals surface area contributed by atoms with E-state index in [1.807, 2.05) is 6.08 Å². The first-order valence-electron chi connectivity index (χ1n) is 17.1. The van der Waals surface area contributed by atoms with Gasteiger partial charge in [0.1, 0.15) is 0 Å². The van der Waals surface area contributed by atoms with Crippen LogP contribution >= 0.6 is 0 Å². The summed E-state index contributed by atoms with van der Waals surface area (Å²) in [5, 5.41) is 11.9. The maximum Gasteiger partial charge on any atom is 0.320 e. The molecule has 4 aliphatic carbocycles. The van der Waals surface area contributed by atoms with Gasteiger partial charge in [-0.25, -0.2) is 0 Å². The van der Waals surface area contributed by atoms with Crippen molar-refractivity contribution in [3.05, 3.63) is 23.8 Å². The predicted molar refractivity (Wildman–Crippen MR) is 165 cm³/mol. The SMILES string of the molecule is CCCCN1CCN(CC(=O)OCC(=O)[C@@]23OC(CCC)O[C@@H]2CC2C4CCC5=CC(=O)C=C[C@]5(C)C4C(O)C[C@@]23C)CC1. The molecule has 0 amide bonds. The summed E-state index contributed by atoms with van der Waals surface area (Å²) >= 11 is 0. The Morgan fingerprint density at radius 3 is 2.59 bits per heavy atom. The summed E-state index contributed by atoms with van der Waals surface area (Å²) in [6, 6.07) is 0. The van der Waals surface area contributed by atoms with Crippen LogP contribution in [0.3, 0.4) is 0 Å². The van der Waals surface area contributed by atoms with E-state index in [1.54, 1.807) is 12.2 Å². The van der Waals surface area contributed by atoms with Crippen molar-refractivity contribution in [3.63, 3.8) is 0 Å². The molecule has 0 aromatic rings. The van der Waals surface area contributed by atoms with Gasteiger partial charge in [0.2, 0.25) is 5.78 Å². The summed E-state index contributed by atoms with van der Waals surface area (Å²) in [5.41, 5.74) is -1.24. The number of fused-ring (bicyclic) bond motifs is 7. The minimum absolute atomic E-state index is 0.0126. The summed E-state index contributed by atoms with van der Waals surface area (Å²) < 4.78 is 18.8. The van der Waals surface area contributed by atoms with Crippen molar-refractivity contribution in [2.24, 2.45) is 28.6 Å². The molecule has 9 atom stereocenters. The number of rotatable bonds is 10. The van der Waals surface area contributed by atoms with Crippen molar-refractivity contribution in [1.82, 2.24) is 9.80 Å². The quantitative estimate of drug-likeness (QED) is 0.370. The van der Waals surface area contributed by atoms with Crippen LogP contribution < -0.4 is 0 Å². The van der Waals surface area contributed by atoms with Gasteiger partial charge in [-0.2, -0.15) is 0 Å². The maximum atomic E-state index is 14.4. The number of carbonyl (C=O) groups is 3. The summed E-state index contributed by atoms with van der Waals surface area (Å²) in [6.07, 6.45) is 10.4. The second-order valence-electron chi connectivity index (χ2n) is 14.7. The van der Waals surface area contributed by atoms with Crippen molar-refractivity contribution >= 4 is 17.5 Å². The molecule has 6 aliphatic rings. The molecule has 2 heterocycles. The van der Waals surface area contributed by atoms with Crippen molar-refractivity contribution in [3.8, 4) is 0 Å². The summed E-state index contributed by atoms with van der Waals surface area (Å²) in [6.45, 7) is 12.9. The molecule has 2 aliphatic heterocycles. The second-order valence-corrected chi connectivity index (χ2v) is 14.7. The number of aliphatic hydroxyl groups excluding tert-OH is 1. The average Bonchev–Trinajstić information content (AvgIpc) is 3.47. The van der Waals surface area contributed by atoms with E-state index in [-0.39, 0.29) is 48.4 Å². The third kappa shape index (κ3) is 5.24. The summed E-state index contributed by atoms with van der Waals surface area (Å²) in [4.78, 5) is 44.1. The van der Waals surface area contributed by atoms with Crippen molar-refractivity contribution in [2.75, 3.05) is 45.9 Å². The standard InChI is InChI=1S/C35H52N2O7/c1-5-7-13-36-14-16-37(17-15-36)21-30(41)42-22-28(40)35-29(43-31(44-35)8-6-2)19-26-25-10-9-23-18-24(38)11-12-33(23,3)32(25)27(39)20-34(26,35)4/h11-12,18,25-27,29,31-32,39H,5-10,13-17,19-22H2,1-4H3/t25?,26?,27?,29-,31?,32?,33+,34+,35-/m1/s1. The molecule has 9 nitrogen and oxygen atoms in total. The van der Waals surface area contributed by atoms with Crippen molar-refractivity contribution in [2.45, 2.75) is 103 Å². The average molecular weight is 613 g/mol. The Hall–Kier alpha value is -1.91. The number of ketones is 2. The fourth-order valence-electron chi connectivity index (χ4n) is 10.0. The van der Waals surface area contributed by atoms with E-state index in [1.165, 1.54) is 12.8 Å². The van der Waals surface area contributed by atoms with Gasteiger partial charge in [0.15, 0.2) is 24.3 Å². The molecule has 5 unspecified atom stereocenters. The molecule has 9 heteroatoms. The molecule has 0 aromatic carbocycles. The van der Waals surface area contributed by atoms with Crippen LogP contribution in [0.1, 0.15) is 79.1 Å². The van der Waals surface area contributed by atoms with Crippen LogP contribution in [-0.4, -0.2) is 102 Å². The lowest BCUT2D eigenvalue weighted by Gasteiger charge is -2.59. The van der Waals surface area contributed by atoms with Crippen LogP contribution in [0.4, 0.5) is 0 Å². The molecule has 2 saturated heterocycles. The van der Waals surface area contributed by atoms with Crippen molar-refractivity contribution < 1.29 is 33.7 Å². The zero-order valence-corrected chi connectivity index (χ0v) is 27.1. The predicted octanol–water partition coefficient (Wildman–Crippen LogP) is 3.69. The van der Waals surface area contributed by atoms with Gasteiger partial charge < -0.3 is 24.2 Å². The van der Waals surface area contributed by atoms with Gasteiger partial charge in [-0.3, -0.25) is 19.3 Å². The molecule has 244 valence electrons. The minimum Gasteiger partial charge on any atom is -0.457 e. The Morgan fingerprint density at radius 1 is 1.11 bits per heavy atom. The molecule has 5 fully saturated rings. The number of allylic oxidation sites excluding steroid dienone is 4. The monoisotopic (exact) mass is 612 g/mol. The lowest BCUT2D eigenvalue weighted by atomic mass is 9.46. The van der Waals surface area contributed by atoms with E-state index in [0.29, 0.717) is 19.3 Å². The topological polar surface area (TPSA) is 106 Å². The molecule has 44 heavy (non-hydrogen) atoms. The zero-order valence-electron chi connectivity index (χ0n) is 27.1. The van der Waals surface area contributed by atoms with Gasteiger partial charge in [-0.05, 0) is 69.1 Å². The van der Waals surface area contributed by atoms with Gasteiger partial charge in [-0.1, -0.05) is 52.2 Å². The first-order chi connectivity index (χ1) is 21.1. The van der Waals surface area contributed by atoms with Crippen LogP contribution in [0, 0.1) is 28.6 Å². The molecule has 0 spiro atoms. The van der Waals surface area contributed by atoms with Gasteiger partial charge in [0.25, 0.3) is 0 Å². The number of esters is 1. The highest BCUT2D eigenvalue weighted by Crippen LogP contribution is 2.69. The zero-order chi connectivity index (χ0) is 31.3. The third-order valence-corrected chi connectivity index (χ3v) is 12.2. The Bertz CT molecular complexity index is 1190. The number of hydrogen-bond donors (Lipinski definition) is 1. The highest BCUT2D eigenvalue weighted by atomic mass is 16.7. The largest absolute Gasteiger partial charge is 0.457 e. The maximum absolute atomic E-state index is 14.4. The van der Waals surface area contributed by atoms with E-state index in [2.05, 4.69) is 37.5 Å². The van der Waals surface area contributed by atoms with E-state index in [9.17, 15) is 19.5 Å². The fraction of sp³-hybridized carbons (Fsp3) is 0.800. The van der Waals surface area contributed by atoms with E-state index >= 15 is 0 Å². The van der Waals surface area contributed by atoms with Crippen LogP contribution in [-0.2, 0) is 28.6 Å². The number of Topliss-reactive ketones (excluding diaryl/α,β-unsaturated/α-hetero) is 1. The number of unbranched alkanes of at least 4 members (excludes halogenated alkanes) is 1. The van der Waals surface area contributed by atoms with Gasteiger partial charge >= 0.3 is 5.97 Å². The van der Waals surface area contributed by atoms with Gasteiger partial charge in [0.05, 0.1) is 18.8 Å². The number of aliphatic hydroxyl groups is 1. The first kappa shape index (κ1) is 32.0. The van der Waals surface area contributed by atoms with Crippen LogP contribution in [0.25, 0.3) is 0 Å². The Kier molecular flexibility index (Phi) is 9.00. The van der Waals surface area contributed by atoms with E-state index in [0.717, 1.165) is 57.6 Å². The van der Waals surface area contributed by atoms with Crippen molar-refractivity contribution in [1.29, 1.82) is 0 Å². The summed E-state index contributed by atoms with van der Waals surface area (Å²) in [5.74, 6) is -0.439. The minimum atomic E-state index is -1.27. The highest BCUT2D eigenvalue weighted by molar-refractivity contribution is 6.01. The van der Waals surface area contributed by atoms with Gasteiger partial charge in [0, 0.05) is 42.9 Å². The number of nitrogens with zero attached hydrogens (tertiary/aromatic N) is 2. The van der Waals surface area contributed by atoms with Crippen LogP contribution in [0.2, 0.25) is 0 Å². The number of piperazine rings is 1. The van der Waals surface area contributed by atoms with Gasteiger partial charge in [-0.15, -0.1) is 0 Å². The van der Waals surface area contributed by atoms with E-state index in [4.69, 9.17) is 14.2 Å². The number of ether oxygens (including phenoxy) is 3. The second kappa shape index (κ2) is 12.4. The van der Waals surface area contributed by atoms with E-state index < -0.39 is 34.9 Å². The Labute approximate surface area is 262 Å². The lowest BCUT2D eigenvalue weighted by Crippen LogP contribution is -2.63. The van der Waals surface area contributed by atoms with Crippen LogP contribution in [0.5, 0.6) is 0 Å². The molecule has 0 aromatic heterocycles. The molecule has 6 rings (SSSR count). The number of carbonyl (C=O) groups excluding carboxylic acids is 3. The Balaban J connectivity index is 1.18. The third-order valence-electron chi connectivity index (χ3n) is 12.2. The lowest BCUT2D eigenvalue weighted by molar-refractivity contribution is -0.201. The fourth-order valence-corrected chi connectivity index (χ4v) is 10.0. The highest BCUT2D eigenvalue weighted by Gasteiger charge is 2.75. The normalized spacial score (nSPS) is 41.8.